The summed E-state index contributed by atoms with van der Waals surface area (Å²) in [5, 5.41) is 3.52. The molecule has 1 aromatic carbocycles. The summed E-state index contributed by atoms with van der Waals surface area (Å²) in [6.07, 6.45) is 0.962. The van der Waals surface area contributed by atoms with Crippen molar-refractivity contribution in [3.63, 3.8) is 0 Å². The molecule has 1 N–H and O–H groups in total. The molecule has 0 aliphatic carbocycles. The zero-order valence-corrected chi connectivity index (χ0v) is 12.7. The zero-order chi connectivity index (χ0) is 14.2. The lowest BCUT2D eigenvalue weighted by atomic mass is 9.95. The summed E-state index contributed by atoms with van der Waals surface area (Å²) in [6.45, 7) is 8.49. The zero-order valence-electron chi connectivity index (χ0n) is 12.7. The van der Waals surface area contributed by atoms with Gasteiger partial charge in [-0.05, 0) is 49.5 Å². The van der Waals surface area contributed by atoms with Crippen molar-refractivity contribution >= 4 is 0 Å². The van der Waals surface area contributed by atoms with E-state index in [2.05, 4.69) is 35.3 Å². The molecule has 3 atom stereocenters. The van der Waals surface area contributed by atoms with E-state index in [0.717, 1.165) is 49.5 Å². The van der Waals surface area contributed by atoms with Gasteiger partial charge in [0.25, 0.3) is 0 Å². The van der Waals surface area contributed by atoms with E-state index in [-0.39, 0.29) is 0 Å². The van der Waals surface area contributed by atoms with E-state index < -0.39 is 0 Å². The highest BCUT2D eigenvalue weighted by Gasteiger charge is 2.41. The maximum Gasteiger partial charge on any atom is 0.161 e. The van der Waals surface area contributed by atoms with Gasteiger partial charge >= 0.3 is 0 Å². The van der Waals surface area contributed by atoms with Gasteiger partial charge in [-0.1, -0.05) is 6.07 Å². The molecule has 0 radical (unpaired) electrons. The summed E-state index contributed by atoms with van der Waals surface area (Å²) in [5.74, 6) is 3.47. The second-order valence-corrected chi connectivity index (χ2v) is 6.58. The second-order valence-electron chi connectivity index (χ2n) is 6.58. The number of nitrogens with one attached hydrogen (secondary N) is 1. The second kappa shape index (κ2) is 5.50. The number of likely N-dealkylation sites (tertiary alicyclic amines) is 1. The molecule has 2 fully saturated rings. The molecule has 3 heterocycles. The Morgan fingerprint density at radius 2 is 2.05 bits per heavy atom. The van der Waals surface area contributed by atoms with Gasteiger partial charge in [0, 0.05) is 25.6 Å². The van der Waals surface area contributed by atoms with Crippen molar-refractivity contribution in [1.29, 1.82) is 0 Å². The molecule has 1 aromatic rings. The van der Waals surface area contributed by atoms with E-state index in [1.54, 1.807) is 0 Å². The molecule has 2 saturated heterocycles. The van der Waals surface area contributed by atoms with Gasteiger partial charge in [0.2, 0.25) is 0 Å². The van der Waals surface area contributed by atoms with E-state index >= 15 is 0 Å². The van der Waals surface area contributed by atoms with Crippen molar-refractivity contribution in [1.82, 2.24) is 10.2 Å². The summed E-state index contributed by atoms with van der Waals surface area (Å²) in [6, 6.07) is 7.09. The quantitative estimate of drug-likeness (QED) is 0.901. The maximum absolute atomic E-state index is 5.80. The Kier molecular flexibility index (Phi) is 3.51. The summed E-state index contributed by atoms with van der Waals surface area (Å²) < 4.78 is 11.5. The first-order chi connectivity index (χ1) is 10.3. The molecule has 4 rings (SSSR count). The van der Waals surface area contributed by atoms with Crippen LogP contribution in [0.25, 0.3) is 0 Å². The van der Waals surface area contributed by atoms with Crippen LogP contribution in [0.15, 0.2) is 18.2 Å². The minimum absolute atomic E-state index is 0.668. The molecule has 21 heavy (non-hydrogen) atoms. The highest BCUT2D eigenvalue weighted by Crippen LogP contribution is 2.35. The highest BCUT2D eigenvalue weighted by molar-refractivity contribution is 5.43. The van der Waals surface area contributed by atoms with Crippen LogP contribution < -0.4 is 14.8 Å². The number of fused-ring (bicyclic) bond motifs is 2. The Hall–Kier alpha value is -1.26. The van der Waals surface area contributed by atoms with Crippen molar-refractivity contribution in [3.05, 3.63) is 23.8 Å². The minimum atomic E-state index is 0.668. The predicted molar refractivity (Wildman–Crippen MR) is 81.8 cm³/mol. The van der Waals surface area contributed by atoms with Crippen LogP contribution in [0.2, 0.25) is 0 Å². The maximum atomic E-state index is 5.80. The Bertz CT molecular complexity index is 520. The van der Waals surface area contributed by atoms with Gasteiger partial charge in [0.1, 0.15) is 0 Å². The molecule has 3 aliphatic rings. The van der Waals surface area contributed by atoms with Crippen LogP contribution in [-0.4, -0.2) is 43.8 Å². The summed E-state index contributed by atoms with van der Waals surface area (Å²) in [7, 11) is 0. The number of benzene rings is 1. The van der Waals surface area contributed by atoms with Gasteiger partial charge in [-0.25, -0.2) is 0 Å². The van der Waals surface area contributed by atoms with E-state index in [1.807, 2.05) is 0 Å². The Morgan fingerprint density at radius 3 is 2.90 bits per heavy atom. The van der Waals surface area contributed by atoms with E-state index in [1.165, 1.54) is 25.2 Å². The lowest BCUT2D eigenvalue weighted by molar-refractivity contribution is 0.231. The third kappa shape index (κ3) is 2.51. The highest BCUT2D eigenvalue weighted by atomic mass is 16.5. The Balaban J connectivity index is 1.49. The fraction of sp³-hybridized carbons (Fsp3) is 0.647. The number of hydrogen-bond donors (Lipinski definition) is 1. The van der Waals surface area contributed by atoms with Crippen molar-refractivity contribution in [2.75, 3.05) is 32.8 Å². The van der Waals surface area contributed by atoms with Crippen molar-refractivity contribution in [2.24, 2.45) is 11.8 Å². The monoisotopic (exact) mass is 288 g/mol. The number of hydrogen-bond acceptors (Lipinski definition) is 4. The average Bonchev–Trinajstić information content (AvgIpc) is 2.96. The van der Waals surface area contributed by atoms with Gasteiger partial charge in [-0.15, -0.1) is 0 Å². The summed E-state index contributed by atoms with van der Waals surface area (Å²) >= 11 is 0. The molecule has 0 bridgehead atoms. The SMILES string of the molecule is CC1C2CNCC2CN1Cc1ccc2c(c1)OCCCO2. The van der Waals surface area contributed by atoms with Gasteiger partial charge in [-0.3, -0.25) is 4.90 Å². The van der Waals surface area contributed by atoms with E-state index in [4.69, 9.17) is 9.47 Å². The lowest BCUT2D eigenvalue weighted by Crippen LogP contribution is -2.32. The van der Waals surface area contributed by atoms with Crippen LogP contribution in [0.3, 0.4) is 0 Å². The number of ether oxygens (including phenoxy) is 2. The fourth-order valence-corrected chi connectivity index (χ4v) is 4.01. The molecule has 4 heteroatoms. The Labute approximate surface area is 126 Å². The third-order valence-corrected chi connectivity index (χ3v) is 5.25. The van der Waals surface area contributed by atoms with Crippen LogP contribution in [0, 0.1) is 11.8 Å². The lowest BCUT2D eigenvalue weighted by Gasteiger charge is -2.24. The normalized spacial score (nSPS) is 32.0. The molecule has 114 valence electrons. The standard InChI is InChI=1S/C17H24N2O2/c1-12-15-9-18-8-14(15)11-19(12)10-13-3-4-16-17(7-13)21-6-2-5-20-16/h3-4,7,12,14-15,18H,2,5-6,8-11H2,1H3. The molecular weight excluding hydrogens is 264 g/mol. The largest absolute Gasteiger partial charge is 0.490 e. The van der Waals surface area contributed by atoms with Crippen LogP contribution in [0.1, 0.15) is 18.9 Å². The molecule has 0 saturated carbocycles. The number of nitrogens with zero attached hydrogens (tertiary/aromatic N) is 1. The van der Waals surface area contributed by atoms with E-state index in [9.17, 15) is 0 Å². The van der Waals surface area contributed by atoms with Crippen molar-refractivity contribution in [2.45, 2.75) is 25.9 Å². The summed E-state index contributed by atoms with van der Waals surface area (Å²) in [5.41, 5.74) is 1.33. The predicted octanol–water partition coefficient (Wildman–Crippen LogP) is 1.89. The Morgan fingerprint density at radius 1 is 1.19 bits per heavy atom. The van der Waals surface area contributed by atoms with Gasteiger partial charge < -0.3 is 14.8 Å². The molecule has 0 amide bonds. The van der Waals surface area contributed by atoms with Gasteiger partial charge in [0.15, 0.2) is 11.5 Å². The molecule has 4 nitrogen and oxygen atoms in total. The molecule has 3 aliphatic heterocycles. The fourth-order valence-electron chi connectivity index (χ4n) is 4.01. The van der Waals surface area contributed by atoms with Crippen molar-refractivity contribution < 1.29 is 9.47 Å². The molecule has 3 unspecified atom stereocenters. The topological polar surface area (TPSA) is 33.7 Å². The molecule has 0 aromatic heterocycles. The first kappa shape index (κ1) is 13.4. The van der Waals surface area contributed by atoms with E-state index in [0.29, 0.717) is 6.04 Å². The van der Waals surface area contributed by atoms with Crippen molar-refractivity contribution in [3.8, 4) is 11.5 Å². The molecular formula is C17H24N2O2. The minimum Gasteiger partial charge on any atom is -0.490 e. The van der Waals surface area contributed by atoms with Crippen LogP contribution in [0.5, 0.6) is 11.5 Å². The van der Waals surface area contributed by atoms with Crippen LogP contribution in [-0.2, 0) is 6.54 Å². The smallest absolute Gasteiger partial charge is 0.161 e. The van der Waals surface area contributed by atoms with Crippen LogP contribution >= 0.6 is 0 Å². The first-order valence-corrected chi connectivity index (χ1v) is 8.14. The number of rotatable bonds is 2. The summed E-state index contributed by atoms with van der Waals surface area (Å²) in [4.78, 5) is 2.62. The average molecular weight is 288 g/mol. The molecule has 0 spiro atoms. The van der Waals surface area contributed by atoms with Gasteiger partial charge in [0.05, 0.1) is 13.2 Å². The third-order valence-electron chi connectivity index (χ3n) is 5.25. The van der Waals surface area contributed by atoms with Gasteiger partial charge in [-0.2, -0.15) is 0 Å². The first-order valence-electron chi connectivity index (χ1n) is 8.14. The van der Waals surface area contributed by atoms with Crippen LogP contribution in [0.4, 0.5) is 0 Å².